The molecule has 1 N–H and O–H groups in total. The van der Waals surface area contributed by atoms with Crippen LogP contribution >= 0.6 is 0 Å². The van der Waals surface area contributed by atoms with Gasteiger partial charge in [-0.05, 0) is 19.1 Å². The van der Waals surface area contributed by atoms with Crippen LogP contribution in [0.5, 0.6) is 5.75 Å². The van der Waals surface area contributed by atoms with Crippen LogP contribution < -0.4 is 4.74 Å². The van der Waals surface area contributed by atoms with Crippen LogP contribution in [-0.2, 0) is 0 Å². The molecule has 0 aromatic heterocycles. The highest BCUT2D eigenvalue weighted by atomic mass is 19.4. The van der Waals surface area contributed by atoms with E-state index >= 15 is 0 Å². The fourth-order valence-corrected chi connectivity index (χ4v) is 1.26. The van der Waals surface area contributed by atoms with E-state index in [0.717, 1.165) is 12.1 Å². The zero-order chi connectivity index (χ0) is 13.1. The molecular formula is C11H12F4O2. The third kappa shape index (κ3) is 4.60. The molecule has 1 aromatic carbocycles. The van der Waals surface area contributed by atoms with Gasteiger partial charge in [-0.15, -0.1) is 0 Å². The van der Waals surface area contributed by atoms with E-state index in [1.54, 1.807) is 0 Å². The number of halogens is 4. The molecule has 0 aliphatic rings. The van der Waals surface area contributed by atoms with E-state index in [2.05, 4.69) is 0 Å². The van der Waals surface area contributed by atoms with Gasteiger partial charge in [-0.1, -0.05) is 0 Å². The Morgan fingerprint density at radius 1 is 1.35 bits per heavy atom. The predicted octanol–water partition coefficient (Wildman–Crippen LogP) is 3.21. The molecule has 0 radical (unpaired) electrons. The van der Waals surface area contributed by atoms with Gasteiger partial charge >= 0.3 is 6.18 Å². The van der Waals surface area contributed by atoms with E-state index in [9.17, 15) is 22.7 Å². The minimum atomic E-state index is -4.32. The fourth-order valence-electron chi connectivity index (χ4n) is 1.26. The smallest absolute Gasteiger partial charge is 0.392 e. The second kappa shape index (κ2) is 5.35. The Balaban J connectivity index is 2.72. The average Bonchev–Trinajstić information content (AvgIpc) is 2.15. The van der Waals surface area contributed by atoms with E-state index in [4.69, 9.17) is 4.74 Å². The van der Waals surface area contributed by atoms with Gasteiger partial charge in [0.2, 0.25) is 0 Å². The van der Waals surface area contributed by atoms with Gasteiger partial charge in [0.15, 0.2) is 0 Å². The largest absolute Gasteiger partial charge is 0.493 e. The predicted molar refractivity (Wildman–Crippen MR) is 53.2 cm³/mol. The Kier molecular flexibility index (Phi) is 4.34. The molecule has 0 bridgehead atoms. The van der Waals surface area contributed by atoms with Crippen LogP contribution in [0.4, 0.5) is 17.6 Å². The second-order valence-electron chi connectivity index (χ2n) is 3.57. The summed E-state index contributed by atoms with van der Waals surface area (Å²) in [4.78, 5) is 0. The molecule has 0 amide bonds. The van der Waals surface area contributed by atoms with E-state index in [-0.39, 0.29) is 11.3 Å². The van der Waals surface area contributed by atoms with Crippen LogP contribution in [0.3, 0.4) is 0 Å². The highest BCUT2D eigenvalue weighted by Gasteiger charge is 2.27. The molecular weight excluding hydrogens is 240 g/mol. The molecule has 0 saturated carbocycles. The Labute approximate surface area is 95.8 Å². The lowest BCUT2D eigenvalue weighted by atomic mass is 10.1. The molecule has 0 heterocycles. The minimum Gasteiger partial charge on any atom is -0.493 e. The van der Waals surface area contributed by atoms with Crippen molar-refractivity contribution >= 4 is 0 Å². The van der Waals surface area contributed by atoms with Crippen molar-refractivity contribution in [2.45, 2.75) is 25.6 Å². The Morgan fingerprint density at radius 3 is 2.53 bits per heavy atom. The van der Waals surface area contributed by atoms with Crippen LogP contribution in [-0.4, -0.2) is 17.9 Å². The Hall–Kier alpha value is -1.30. The minimum absolute atomic E-state index is 0.0655. The molecule has 0 fully saturated rings. The lowest BCUT2D eigenvalue weighted by Gasteiger charge is -2.14. The molecule has 0 spiro atoms. The van der Waals surface area contributed by atoms with Crippen molar-refractivity contribution in [3.8, 4) is 5.75 Å². The molecule has 0 aliphatic heterocycles. The van der Waals surface area contributed by atoms with E-state index in [0.29, 0.717) is 0 Å². The van der Waals surface area contributed by atoms with Gasteiger partial charge in [0.1, 0.15) is 11.6 Å². The lowest BCUT2D eigenvalue weighted by Crippen LogP contribution is -2.13. The summed E-state index contributed by atoms with van der Waals surface area (Å²) < 4.78 is 53.4. The number of rotatable bonds is 4. The van der Waals surface area contributed by atoms with Gasteiger partial charge in [0, 0.05) is 11.6 Å². The fraction of sp³-hybridized carbons (Fsp3) is 0.455. The molecule has 0 saturated heterocycles. The zero-order valence-electron chi connectivity index (χ0n) is 9.09. The molecule has 0 aliphatic carbocycles. The monoisotopic (exact) mass is 252 g/mol. The molecule has 17 heavy (non-hydrogen) atoms. The third-order valence-corrected chi connectivity index (χ3v) is 2.07. The van der Waals surface area contributed by atoms with Crippen LogP contribution in [0.2, 0.25) is 0 Å². The number of aliphatic hydroxyl groups is 1. The lowest BCUT2D eigenvalue weighted by molar-refractivity contribution is -0.139. The zero-order valence-corrected chi connectivity index (χ0v) is 9.09. The molecule has 1 aromatic rings. The molecule has 6 heteroatoms. The van der Waals surface area contributed by atoms with Gasteiger partial charge in [0.05, 0.1) is 19.1 Å². The number of aliphatic hydroxyl groups excluding tert-OH is 1. The van der Waals surface area contributed by atoms with Crippen molar-refractivity contribution < 1.29 is 27.4 Å². The normalized spacial score (nSPS) is 13.5. The summed E-state index contributed by atoms with van der Waals surface area (Å²) in [6.07, 6.45) is -6.38. The first-order valence-electron chi connectivity index (χ1n) is 4.96. The van der Waals surface area contributed by atoms with Crippen LogP contribution in [0, 0.1) is 5.82 Å². The number of benzene rings is 1. The van der Waals surface area contributed by atoms with Crippen molar-refractivity contribution in [3.05, 3.63) is 29.6 Å². The molecule has 2 nitrogen and oxygen atoms in total. The van der Waals surface area contributed by atoms with Gasteiger partial charge in [-0.3, -0.25) is 0 Å². The summed E-state index contributed by atoms with van der Waals surface area (Å²) in [5.41, 5.74) is 0.258. The summed E-state index contributed by atoms with van der Waals surface area (Å²) in [6, 6.07) is 3.35. The highest BCUT2D eigenvalue weighted by molar-refractivity contribution is 5.35. The number of ether oxygens (including phenoxy) is 1. The first-order chi connectivity index (χ1) is 7.79. The highest BCUT2D eigenvalue weighted by Crippen LogP contribution is 2.27. The van der Waals surface area contributed by atoms with Gasteiger partial charge in [-0.2, -0.15) is 13.2 Å². The van der Waals surface area contributed by atoms with Gasteiger partial charge in [0.25, 0.3) is 0 Å². The van der Waals surface area contributed by atoms with Gasteiger partial charge < -0.3 is 9.84 Å². The maximum atomic E-state index is 12.9. The summed E-state index contributed by atoms with van der Waals surface area (Å²) in [5, 5.41) is 9.33. The average molecular weight is 252 g/mol. The maximum Gasteiger partial charge on any atom is 0.392 e. The summed E-state index contributed by atoms with van der Waals surface area (Å²) >= 11 is 0. The molecule has 0 unspecified atom stereocenters. The summed E-state index contributed by atoms with van der Waals surface area (Å²) in [7, 11) is 0. The standard InChI is InChI=1S/C11H12F4O2/c1-7(16)9-3-2-8(12)6-10(9)17-5-4-11(13,14)15/h2-3,6-7,16H,4-5H2,1H3/t7-/m1/s1. The van der Waals surface area contributed by atoms with Crippen LogP contribution in [0.1, 0.15) is 25.0 Å². The number of hydrogen-bond donors (Lipinski definition) is 1. The van der Waals surface area contributed by atoms with E-state index < -0.39 is 31.1 Å². The SMILES string of the molecule is C[C@@H](O)c1ccc(F)cc1OCCC(F)(F)F. The first kappa shape index (κ1) is 13.8. The van der Waals surface area contributed by atoms with Crippen LogP contribution in [0.15, 0.2) is 18.2 Å². The molecule has 1 rings (SSSR count). The molecule has 96 valence electrons. The van der Waals surface area contributed by atoms with Crippen molar-refractivity contribution in [1.82, 2.24) is 0 Å². The van der Waals surface area contributed by atoms with Crippen molar-refractivity contribution in [3.63, 3.8) is 0 Å². The first-order valence-corrected chi connectivity index (χ1v) is 4.96. The van der Waals surface area contributed by atoms with Crippen molar-refractivity contribution in [2.24, 2.45) is 0 Å². The Morgan fingerprint density at radius 2 is 2.00 bits per heavy atom. The quantitative estimate of drug-likeness (QED) is 0.834. The Bertz CT molecular complexity index is 374. The topological polar surface area (TPSA) is 29.5 Å². The third-order valence-electron chi connectivity index (χ3n) is 2.07. The summed E-state index contributed by atoms with van der Waals surface area (Å²) in [6.45, 7) is 0.816. The van der Waals surface area contributed by atoms with E-state index in [1.165, 1.54) is 13.0 Å². The van der Waals surface area contributed by atoms with E-state index in [1.807, 2.05) is 0 Å². The van der Waals surface area contributed by atoms with Crippen LogP contribution in [0.25, 0.3) is 0 Å². The second-order valence-corrected chi connectivity index (χ2v) is 3.57. The number of hydrogen-bond acceptors (Lipinski definition) is 2. The maximum absolute atomic E-state index is 12.9. The van der Waals surface area contributed by atoms with Crippen molar-refractivity contribution in [1.29, 1.82) is 0 Å². The van der Waals surface area contributed by atoms with Crippen molar-refractivity contribution in [2.75, 3.05) is 6.61 Å². The molecule has 1 atom stereocenters. The summed E-state index contributed by atoms with van der Waals surface area (Å²) in [5.74, 6) is -0.694. The number of alkyl halides is 3. The van der Waals surface area contributed by atoms with Gasteiger partial charge in [-0.25, -0.2) is 4.39 Å².